The second-order valence-corrected chi connectivity index (χ2v) is 4.26. The van der Waals surface area contributed by atoms with Gasteiger partial charge >= 0.3 is 0 Å². The summed E-state index contributed by atoms with van der Waals surface area (Å²) in [6, 6.07) is 9.86. The van der Waals surface area contributed by atoms with Crippen LogP contribution < -0.4 is 10.5 Å². The first-order chi connectivity index (χ1) is 7.88. The number of nitrogens with two attached hydrogens (primary N) is 1. The van der Waals surface area contributed by atoms with Crippen molar-refractivity contribution >= 4 is 0 Å². The Morgan fingerprint density at radius 2 is 2.06 bits per heavy atom. The van der Waals surface area contributed by atoms with Crippen molar-refractivity contribution in [3.63, 3.8) is 0 Å². The first-order valence-electron chi connectivity index (χ1n) is 5.88. The van der Waals surface area contributed by atoms with E-state index in [-0.39, 0.29) is 6.10 Å². The summed E-state index contributed by atoms with van der Waals surface area (Å²) in [7, 11) is 0. The summed E-state index contributed by atoms with van der Waals surface area (Å²) in [5, 5.41) is 0. The minimum atomic E-state index is 0.225. The van der Waals surface area contributed by atoms with Crippen LogP contribution in [-0.4, -0.2) is 25.9 Å². The number of hydrogen-bond acceptors (Lipinski definition) is 3. The lowest BCUT2D eigenvalue weighted by Crippen LogP contribution is -2.33. The van der Waals surface area contributed by atoms with Crippen LogP contribution in [0.15, 0.2) is 30.3 Å². The van der Waals surface area contributed by atoms with Crippen LogP contribution in [-0.2, 0) is 4.74 Å². The average molecular weight is 221 g/mol. The Balaban J connectivity index is 1.72. The van der Waals surface area contributed by atoms with Crippen LogP contribution in [0.3, 0.4) is 0 Å². The molecule has 1 heterocycles. The lowest BCUT2D eigenvalue weighted by Gasteiger charge is -2.28. The molecule has 0 bridgehead atoms. The molecule has 2 N–H and O–H groups in total. The lowest BCUT2D eigenvalue weighted by atomic mass is 9.99. The van der Waals surface area contributed by atoms with E-state index in [1.165, 1.54) is 0 Å². The fourth-order valence-electron chi connectivity index (χ4n) is 1.88. The summed E-state index contributed by atoms with van der Waals surface area (Å²) in [5.74, 6) is 1.44. The second-order valence-electron chi connectivity index (χ2n) is 4.26. The molecule has 3 heteroatoms. The second kappa shape index (κ2) is 5.87. The van der Waals surface area contributed by atoms with Crippen molar-refractivity contribution in [2.24, 2.45) is 11.7 Å². The topological polar surface area (TPSA) is 44.5 Å². The van der Waals surface area contributed by atoms with Crippen LogP contribution in [0, 0.1) is 5.92 Å². The van der Waals surface area contributed by atoms with Crippen LogP contribution in [0.4, 0.5) is 0 Å². The fourth-order valence-corrected chi connectivity index (χ4v) is 1.88. The van der Waals surface area contributed by atoms with Gasteiger partial charge in [0, 0.05) is 0 Å². The van der Waals surface area contributed by atoms with Gasteiger partial charge in [0.25, 0.3) is 0 Å². The van der Waals surface area contributed by atoms with Gasteiger partial charge in [-0.2, -0.15) is 0 Å². The van der Waals surface area contributed by atoms with Crippen molar-refractivity contribution in [3.8, 4) is 5.75 Å². The molecular weight excluding hydrogens is 202 g/mol. The number of ether oxygens (including phenoxy) is 2. The molecule has 0 saturated carbocycles. The molecule has 1 aromatic rings. The van der Waals surface area contributed by atoms with Gasteiger partial charge in [0.15, 0.2) is 0 Å². The zero-order valence-corrected chi connectivity index (χ0v) is 9.47. The predicted molar refractivity (Wildman–Crippen MR) is 63.5 cm³/mol. The molecule has 2 atom stereocenters. The van der Waals surface area contributed by atoms with Crippen LogP contribution >= 0.6 is 0 Å². The highest BCUT2D eigenvalue weighted by molar-refractivity contribution is 5.20. The molecule has 0 aliphatic carbocycles. The monoisotopic (exact) mass is 221 g/mol. The molecule has 0 radical (unpaired) electrons. The molecule has 0 unspecified atom stereocenters. The molecule has 1 aliphatic heterocycles. The van der Waals surface area contributed by atoms with Crippen molar-refractivity contribution in [2.75, 3.05) is 19.8 Å². The molecule has 16 heavy (non-hydrogen) atoms. The summed E-state index contributed by atoms with van der Waals surface area (Å²) in [4.78, 5) is 0. The fraction of sp³-hybridized carbons (Fsp3) is 0.538. The number of rotatable bonds is 4. The van der Waals surface area contributed by atoms with Gasteiger partial charge in [0.1, 0.15) is 12.4 Å². The Bertz CT molecular complexity index is 294. The third kappa shape index (κ3) is 3.22. The summed E-state index contributed by atoms with van der Waals surface area (Å²) >= 11 is 0. The van der Waals surface area contributed by atoms with E-state index < -0.39 is 0 Å². The lowest BCUT2D eigenvalue weighted by molar-refractivity contribution is -0.0352. The third-order valence-corrected chi connectivity index (χ3v) is 2.98. The van der Waals surface area contributed by atoms with Crippen LogP contribution in [0.1, 0.15) is 12.8 Å². The van der Waals surface area contributed by atoms with Gasteiger partial charge in [-0.05, 0) is 37.4 Å². The average Bonchev–Trinajstić information content (AvgIpc) is 2.38. The highest BCUT2D eigenvalue weighted by atomic mass is 16.5. The zero-order chi connectivity index (χ0) is 11.2. The van der Waals surface area contributed by atoms with Crippen LogP contribution in [0.5, 0.6) is 5.75 Å². The molecule has 0 aromatic heterocycles. The van der Waals surface area contributed by atoms with Crippen molar-refractivity contribution in [3.05, 3.63) is 30.3 Å². The van der Waals surface area contributed by atoms with Gasteiger partial charge in [0.2, 0.25) is 0 Å². The van der Waals surface area contributed by atoms with Crippen LogP contribution in [0.2, 0.25) is 0 Å². The normalized spacial score (nSPS) is 25.3. The van der Waals surface area contributed by atoms with Gasteiger partial charge in [-0.15, -0.1) is 0 Å². The quantitative estimate of drug-likeness (QED) is 0.843. The number of hydrogen-bond donors (Lipinski definition) is 1. The Kier molecular flexibility index (Phi) is 4.19. The van der Waals surface area contributed by atoms with Crippen molar-refractivity contribution in [2.45, 2.75) is 18.9 Å². The highest BCUT2D eigenvalue weighted by Crippen LogP contribution is 2.19. The zero-order valence-electron chi connectivity index (χ0n) is 9.47. The molecule has 88 valence electrons. The summed E-state index contributed by atoms with van der Waals surface area (Å²) in [6.07, 6.45) is 2.43. The van der Waals surface area contributed by atoms with E-state index in [0.29, 0.717) is 12.5 Å². The first-order valence-corrected chi connectivity index (χ1v) is 5.88. The van der Waals surface area contributed by atoms with E-state index in [0.717, 1.165) is 31.7 Å². The summed E-state index contributed by atoms with van der Waals surface area (Å²) in [5.41, 5.74) is 5.60. The molecule has 1 fully saturated rings. The van der Waals surface area contributed by atoms with Gasteiger partial charge in [-0.1, -0.05) is 18.2 Å². The number of para-hydroxylation sites is 1. The van der Waals surface area contributed by atoms with Crippen LogP contribution in [0.25, 0.3) is 0 Å². The van der Waals surface area contributed by atoms with Crippen molar-refractivity contribution in [1.29, 1.82) is 0 Å². The predicted octanol–water partition coefficient (Wildman–Crippen LogP) is 1.82. The minimum absolute atomic E-state index is 0.225. The molecule has 2 rings (SSSR count). The smallest absolute Gasteiger partial charge is 0.119 e. The third-order valence-electron chi connectivity index (χ3n) is 2.98. The van der Waals surface area contributed by atoms with Crippen molar-refractivity contribution < 1.29 is 9.47 Å². The maximum Gasteiger partial charge on any atom is 0.119 e. The minimum Gasteiger partial charge on any atom is -0.491 e. The molecule has 0 spiro atoms. The summed E-state index contributed by atoms with van der Waals surface area (Å²) in [6.45, 7) is 2.15. The molecule has 0 amide bonds. The Morgan fingerprint density at radius 1 is 1.25 bits per heavy atom. The van der Waals surface area contributed by atoms with Gasteiger partial charge in [0.05, 0.1) is 12.7 Å². The van der Waals surface area contributed by atoms with E-state index in [4.69, 9.17) is 15.2 Å². The SMILES string of the molecule is NC[C@@H]1CC[C@H](COc2ccccc2)OC1. The molecular formula is C13H19NO2. The largest absolute Gasteiger partial charge is 0.491 e. The maximum atomic E-state index is 5.70. The van der Waals surface area contributed by atoms with Gasteiger partial charge < -0.3 is 15.2 Å². The van der Waals surface area contributed by atoms with E-state index in [1.54, 1.807) is 0 Å². The Labute approximate surface area is 96.5 Å². The maximum absolute atomic E-state index is 5.70. The summed E-state index contributed by atoms with van der Waals surface area (Å²) < 4.78 is 11.4. The van der Waals surface area contributed by atoms with Gasteiger partial charge in [-0.25, -0.2) is 0 Å². The Hall–Kier alpha value is -1.06. The standard InChI is InChI=1S/C13H19NO2/c14-8-11-6-7-13(15-9-11)10-16-12-4-2-1-3-5-12/h1-5,11,13H,6-10,14H2/t11-,13+/m0/s1. The van der Waals surface area contributed by atoms with Gasteiger partial charge in [-0.3, -0.25) is 0 Å². The van der Waals surface area contributed by atoms with E-state index in [9.17, 15) is 0 Å². The Morgan fingerprint density at radius 3 is 2.69 bits per heavy atom. The molecule has 1 aromatic carbocycles. The van der Waals surface area contributed by atoms with E-state index >= 15 is 0 Å². The van der Waals surface area contributed by atoms with Crippen molar-refractivity contribution in [1.82, 2.24) is 0 Å². The van der Waals surface area contributed by atoms with E-state index in [2.05, 4.69) is 0 Å². The molecule has 1 aliphatic rings. The first kappa shape index (κ1) is 11.4. The number of benzene rings is 1. The highest BCUT2D eigenvalue weighted by Gasteiger charge is 2.20. The molecule has 3 nitrogen and oxygen atoms in total. The van der Waals surface area contributed by atoms with E-state index in [1.807, 2.05) is 30.3 Å². The molecule has 1 saturated heterocycles.